The molecule has 2 aromatic rings. The monoisotopic (exact) mass is 267 g/mol. The molecule has 0 radical (unpaired) electrons. The second kappa shape index (κ2) is 5.37. The van der Waals surface area contributed by atoms with Crippen LogP contribution in [0.15, 0.2) is 42.5 Å². The number of aryl methyl sites for hydroxylation is 2. The number of nitrogens with one attached hydrogen (secondary N) is 1. The first-order chi connectivity index (χ1) is 9.72. The first-order valence-corrected chi connectivity index (χ1v) is 6.91. The Hall–Kier alpha value is -2.29. The molecule has 1 aliphatic carbocycles. The Balaban J connectivity index is 1.69. The molecule has 0 atom stereocenters. The number of amides is 1. The topological polar surface area (TPSA) is 49.3 Å². The molecule has 0 saturated carbocycles. The number of hydrogen-bond donors (Lipinski definition) is 2. The van der Waals surface area contributed by atoms with Crippen molar-refractivity contribution in [3.8, 4) is 5.75 Å². The van der Waals surface area contributed by atoms with Gasteiger partial charge in [-0.1, -0.05) is 24.3 Å². The highest BCUT2D eigenvalue weighted by Gasteiger charge is 2.12. The van der Waals surface area contributed by atoms with Crippen molar-refractivity contribution < 1.29 is 9.90 Å². The molecule has 20 heavy (non-hydrogen) atoms. The molecule has 3 nitrogen and oxygen atoms in total. The second-order valence-electron chi connectivity index (χ2n) is 5.19. The van der Waals surface area contributed by atoms with Gasteiger partial charge in [0, 0.05) is 11.3 Å². The molecular formula is C17H17NO2. The summed E-state index contributed by atoms with van der Waals surface area (Å²) >= 11 is 0. The van der Waals surface area contributed by atoms with E-state index in [0.29, 0.717) is 5.56 Å². The molecule has 3 heteroatoms. The van der Waals surface area contributed by atoms with E-state index in [0.717, 1.165) is 18.5 Å². The van der Waals surface area contributed by atoms with Crippen molar-refractivity contribution in [2.75, 3.05) is 5.32 Å². The van der Waals surface area contributed by atoms with Gasteiger partial charge in [-0.05, 0) is 48.6 Å². The van der Waals surface area contributed by atoms with Gasteiger partial charge in [-0.25, -0.2) is 0 Å². The summed E-state index contributed by atoms with van der Waals surface area (Å²) in [5.41, 5.74) is 4.21. The molecule has 0 unspecified atom stereocenters. The number of aromatic hydroxyl groups is 1. The summed E-state index contributed by atoms with van der Waals surface area (Å²) in [5, 5.41) is 12.6. The van der Waals surface area contributed by atoms with Crippen LogP contribution in [0.5, 0.6) is 5.75 Å². The van der Waals surface area contributed by atoms with Gasteiger partial charge >= 0.3 is 0 Å². The third-order valence-electron chi connectivity index (χ3n) is 3.72. The maximum atomic E-state index is 12.0. The number of rotatable bonds is 3. The van der Waals surface area contributed by atoms with Gasteiger partial charge in [-0.3, -0.25) is 4.79 Å². The number of fused-ring (bicyclic) bond motifs is 1. The fraction of sp³-hybridized carbons (Fsp3) is 0.235. The lowest BCUT2D eigenvalue weighted by Crippen LogP contribution is -2.14. The summed E-state index contributed by atoms with van der Waals surface area (Å²) in [6, 6.07) is 13.0. The zero-order valence-electron chi connectivity index (χ0n) is 11.2. The minimum absolute atomic E-state index is 0.107. The Morgan fingerprint density at radius 2 is 1.90 bits per heavy atom. The van der Waals surface area contributed by atoms with E-state index >= 15 is 0 Å². The van der Waals surface area contributed by atoms with Crippen LogP contribution >= 0.6 is 0 Å². The lowest BCUT2D eigenvalue weighted by Gasteiger charge is -2.08. The number of hydrogen-bond acceptors (Lipinski definition) is 2. The van der Waals surface area contributed by atoms with Crippen molar-refractivity contribution in [3.63, 3.8) is 0 Å². The van der Waals surface area contributed by atoms with Crippen LogP contribution in [0.1, 0.15) is 23.1 Å². The Bertz CT molecular complexity index is 649. The van der Waals surface area contributed by atoms with Gasteiger partial charge in [0.05, 0.1) is 6.42 Å². The Morgan fingerprint density at radius 1 is 1.10 bits per heavy atom. The van der Waals surface area contributed by atoms with Crippen LogP contribution in [0, 0.1) is 0 Å². The third-order valence-corrected chi connectivity index (χ3v) is 3.72. The number of carbonyl (C=O) groups is 1. The summed E-state index contributed by atoms with van der Waals surface area (Å²) in [7, 11) is 0. The molecule has 3 rings (SSSR count). The molecule has 2 aromatic carbocycles. The van der Waals surface area contributed by atoms with Gasteiger partial charge in [-0.15, -0.1) is 0 Å². The van der Waals surface area contributed by atoms with Gasteiger partial charge in [0.25, 0.3) is 0 Å². The molecule has 0 fully saturated rings. The van der Waals surface area contributed by atoms with Gasteiger partial charge < -0.3 is 10.4 Å². The van der Waals surface area contributed by atoms with E-state index in [2.05, 4.69) is 17.4 Å². The van der Waals surface area contributed by atoms with E-state index in [1.807, 2.05) is 12.1 Å². The number of anilines is 1. The molecule has 0 aliphatic heterocycles. The minimum atomic E-state index is -0.107. The van der Waals surface area contributed by atoms with Crippen LogP contribution < -0.4 is 5.32 Å². The SMILES string of the molecule is O=C(Cc1ccccc1O)Nc1ccc2c(c1)CCC2. The standard InChI is InChI=1S/C17H17NO2/c19-16-7-2-1-4-14(16)11-17(20)18-15-9-8-12-5-3-6-13(12)10-15/h1-2,4,7-10,19H,3,5-6,11H2,(H,18,20). The quantitative estimate of drug-likeness (QED) is 0.898. The molecule has 0 bridgehead atoms. The molecule has 0 spiro atoms. The molecule has 1 amide bonds. The minimum Gasteiger partial charge on any atom is -0.508 e. The van der Waals surface area contributed by atoms with Crippen LogP contribution in [-0.2, 0) is 24.1 Å². The van der Waals surface area contributed by atoms with Crippen LogP contribution in [0.25, 0.3) is 0 Å². The van der Waals surface area contributed by atoms with Crippen LogP contribution in [-0.4, -0.2) is 11.0 Å². The summed E-state index contributed by atoms with van der Waals surface area (Å²) in [6.07, 6.45) is 3.62. The van der Waals surface area contributed by atoms with Crippen molar-refractivity contribution in [2.24, 2.45) is 0 Å². The normalized spacial score (nSPS) is 13.0. The van der Waals surface area contributed by atoms with Gasteiger partial charge in [-0.2, -0.15) is 0 Å². The van der Waals surface area contributed by atoms with E-state index < -0.39 is 0 Å². The van der Waals surface area contributed by atoms with Crippen LogP contribution in [0.4, 0.5) is 5.69 Å². The zero-order chi connectivity index (χ0) is 13.9. The van der Waals surface area contributed by atoms with Gasteiger partial charge in [0.2, 0.25) is 5.91 Å². The number of benzene rings is 2. The van der Waals surface area contributed by atoms with E-state index in [1.54, 1.807) is 18.2 Å². The Labute approximate surface area is 118 Å². The second-order valence-corrected chi connectivity index (χ2v) is 5.19. The number of carbonyl (C=O) groups excluding carboxylic acids is 1. The van der Waals surface area contributed by atoms with E-state index in [-0.39, 0.29) is 18.1 Å². The number of phenolic OH excluding ortho intramolecular Hbond substituents is 1. The molecule has 0 heterocycles. The fourth-order valence-corrected chi connectivity index (χ4v) is 2.69. The highest BCUT2D eigenvalue weighted by Crippen LogP contribution is 2.25. The largest absolute Gasteiger partial charge is 0.508 e. The maximum Gasteiger partial charge on any atom is 0.228 e. The van der Waals surface area contributed by atoms with Crippen molar-refractivity contribution in [3.05, 3.63) is 59.2 Å². The van der Waals surface area contributed by atoms with E-state index in [1.165, 1.54) is 17.5 Å². The average molecular weight is 267 g/mol. The lowest BCUT2D eigenvalue weighted by molar-refractivity contribution is -0.115. The smallest absolute Gasteiger partial charge is 0.228 e. The van der Waals surface area contributed by atoms with Crippen molar-refractivity contribution in [1.82, 2.24) is 0 Å². The first kappa shape index (κ1) is 12.7. The fourth-order valence-electron chi connectivity index (χ4n) is 2.69. The first-order valence-electron chi connectivity index (χ1n) is 6.91. The molecular weight excluding hydrogens is 250 g/mol. The predicted molar refractivity (Wildman–Crippen MR) is 78.9 cm³/mol. The van der Waals surface area contributed by atoms with Crippen LogP contribution in [0.2, 0.25) is 0 Å². The number of para-hydroxylation sites is 1. The van der Waals surface area contributed by atoms with Crippen molar-refractivity contribution >= 4 is 11.6 Å². The Kier molecular flexibility index (Phi) is 3.42. The van der Waals surface area contributed by atoms with Crippen molar-refractivity contribution in [1.29, 1.82) is 0 Å². The predicted octanol–water partition coefficient (Wildman–Crippen LogP) is 3.06. The highest BCUT2D eigenvalue weighted by atomic mass is 16.3. The zero-order valence-corrected chi connectivity index (χ0v) is 11.2. The third kappa shape index (κ3) is 2.67. The molecule has 0 saturated heterocycles. The van der Waals surface area contributed by atoms with E-state index in [4.69, 9.17) is 0 Å². The summed E-state index contributed by atoms with van der Waals surface area (Å²) in [4.78, 5) is 12.0. The van der Waals surface area contributed by atoms with Gasteiger partial charge in [0.1, 0.15) is 5.75 Å². The van der Waals surface area contributed by atoms with Crippen molar-refractivity contribution in [2.45, 2.75) is 25.7 Å². The molecule has 0 aromatic heterocycles. The summed E-state index contributed by atoms with van der Waals surface area (Å²) < 4.78 is 0. The van der Waals surface area contributed by atoms with Gasteiger partial charge in [0.15, 0.2) is 0 Å². The molecule has 102 valence electrons. The molecule has 1 aliphatic rings. The highest BCUT2D eigenvalue weighted by molar-refractivity contribution is 5.92. The maximum absolute atomic E-state index is 12.0. The summed E-state index contributed by atoms with van der Waals surface area (Å²) in [5.74, 6) is 0.0565. The molecule has 2 N–H and O–H groups in total. The van der Waals surface area contributed by atoms with Crippen LogP contribution in [0.3, 0.4) is 0 Å². The number of phenols is 1. The van der Waals surface area contributed by atoms with E-state index in [9.17, 15) is 9.90 Å². The Morgan fingerprint density at radius 3 is 2.75 bits per heavy atom. The summed E-state index contributed by atoms with van der Waals surface area (Å²) in [6.45, 7) is 0. The lowest BCUT2D eigenvalue weighted by atomic mass is 10.1. The average Bonchev–Trinajstić information content (AvgIpc) is 2.89.